The quantitative estimate of drug-likeness (QED) is 0.757. The Hall–Kier alpha value is -3.06. The van der Waals surface area contributed by atoms with Gasteiger partial charge in [-0.15, -0.1) is 0 Å². The van der Waals surface area contributed by atoms with E-state index in [2.05, 4.69) is 5.32 Å². The zero-order valence-electron chi connectivity index (χ0n) is 13.4. The van der Waals surface area contributed by atoms with E-state index < -0.39 is 6.10 Å². The predicted octanol–water partition coefficient (Wildman–Crippen LogP) is 0.768. The van der Waals surface area contributed by atoms with E-state index in [1.54, 1.807) is 36.5 Å². The first kappa shape index (κ1) is 16.8. The molecule has 0 radical (unpaired) electrons. The lowest BCUT2D eigenvalue weighted by Gasteiger charge is -2.12. The van der Waals surface area contributed by atoms with Gasteiger partial charge in [-0.05, 0) is 29.8 Å². The molecule has 7 heteroatoms. The van der Waals surface area contributed by atoms with Crippen LogP contribution in [0.3, 0.4) is 0 Å². The Morgan fingerprint density at radius 1 is 1.28 bits per heavy atom. The summed E-state index contributed by atoms with van der Waals surface area (Å²) in [5.74, 6) is 0.990. The maximum Gasteiger partial charge on any atom is 0.250 e. The molecule has 7 nitrogen and oxygen atoms in total. The second-order valence-electron chi connectivity index (χ2n) is 5.54. The van der Waals surface area contributed by atoms with Crippen molar-refractivity contribution < 1.29 is 19.4 Å². The Morgan fingerprint density at radius 2 is 2.12 bits per heavy atom. The summed E-state index contributed by atoms with van der Waals surface area (Å²) in [4.78, 5) is 23.4. The van der Waals surface area contributed by atoms with Crippen molar-refractivity contribution in [2.75, 3.05) is 13.3 Å². The fourth-order valence-corrected chi connectivity index (χ4v) is 2.37. The number of hydrogen-bond donors (Lipinski definition) is 2. The molecule has 130 valence electrons. The number of fused-ring (bicyclic) bond motifs is 1. The van der Waals surface area contributed by atoms with Crippen LogP contribution in [0.1, 0.15) is 5.56 Å². The van der Waals surface area contributed by atoms with Crippen molar-refractivity contribution >= 4 is 12.0 Å². The molecule has 2 heterocycles. The number of amides is 1. The van der Waals surface area contributed by atoms with Crippen molar-refractivity contribution in [2.24, 2.45) is 0 Å². The molecule has 1 atom stereocenters. The highest BCUT2D eigenvalue weighted by Gasteiger charge is 2.12. The Bertz CT molecular complexity index is 843. The smallest absolute Gasteiger partial charge is 0.250 e. The van der Waals surface area contributed by atoms with Crippen molar-refractivity contribution in [3.63, 3.8) is 0 Å². The summed E-state index contributed by atoms with van der Waals surface area (Å²) in [6, 6.07) is 10.1. The number of carbonyl (C=O) groups excluding carboxylic acids is 1. The molecule has 25 heavy (non-hydrogen) atoms. The van der Waals surface area contributed by atoms with E-state index in [0.717, 1.165) is 5.56 Å². The first-order valence-electron chi connectivity index (χ1n) is 7.81. The van der Waals surface area contributed by atoms with Gasteiger partial charge in [0.15, 0.2) is 11.5 Å². The first-order valence-corrected chi connectivity index (χ1v) is 7.81. The van der Waals surface area contributed by atoms with Crippen LogP contribution >= 0.6 is 0 Å². The third-order valence-electron chi connectivity index (χ3n) is 3.64. The Morgan fingerprint density at radius 3 is 2.96 bits per heavy atom. The van der Waals surface area contributed by atoms with Gasteiger partial charge in [0, 0.05) is 24.9 Å². The summed E-state index contributed by atoms with van der Waals surface area (Å²) in [5.41, 5.74) is 0.603. The number of pyridine rings is 1. The number of ether oxygens (including phenoxy) is 2. The fourth-order valence-electron chi connectivity index (χ4n) is 2.37. The zero-order valence-corrected chi connectivity index (χ0v) is 13.4. The van der Waals surface area contributed by atoms with Crippen molar-refractivity contribution in [3.8, 4) is 11.5 Å². The maximum absolute atomic E-state index is 11.8. The van der Waals surface area contributed by atoms with Gasteiger partial charge in [0.1, 0.15) is 0 Å². The highest BCUT2D eigenvalue weighted by atomic mass is 16.7. The molecule has 1 aromatic carbocycles. The molecule has 0 fully saturated rings. The standard InChI is InChI=1S/C18H18N2O5/c21-14(11-20-8-2-1-3-18(20)23)10-19-17(22)7-5-13-4-6-15-16(9-13)25-12-24-15/h1-9,14,21H,10-12H2,(H,19,22)/b7-5+. The van der Waals surface area contributed by atoms with E-state index in [9.17, 15) is 14.7 Å². The van der Waals surface area contributed by atoms with Gasteiger partial charge in [0.25, 0.3) is 5.56 Å². The number of benzene rings is 1. The molecule has 0 saturated carbocycles. The number of carbonyl (C=O) groups is 1. The molecule has 0 bridgehead atoms. The maximum atomic E-state index is 11.8. The summed E-state index contributed by atoms with van der Waals surface area (Å²) >= 11 is 0. The summed E-state index contributed by atoms with van der Waals surface area (Å²) in [7, 11) is 0. The molecule has 3 rings (SSSR count). The number of nitrogens with one attached hydrogen (secondary N) is 1. The number of hydrogen-bond acceptors (Lipinski definition) is 5. The van der Waals surface area contributed by atoms with Crippen LogP contribution < -0.4 is 20.3 Å². The summed E-state index contributed by atoms with van der Waals surface area (Å²) in [5, 5.41) is 12.5. The van der Waals surface area contributed by atoms with E-state index in [-0.39, 0.29) is 31.3 Å². The number of aromatic nitrogens is 1. The Labute approximate surface area is 144 Å². The molecule has 0 saturated heterocycles. The highest BCUT2D eigenvalue weighted by Crippen LogP contribution is 2.32. The lowest BCUT2D eigenvalue weighted by Crippen LogP contribution is -2.35. The number of aliphatic hydroxyl groups is 1. The third kappa shape index (κ3) is 4.48. The Kier molecular flexibility index (Phi) is 5.15. The lowest BCUT2D eigenvalue weighted by atomic mass is 10.2. The van der Waals surface area contributed by atoms with Crippen LogP contribution in [0.4, 0.5) is 0 Å². The highest BCUT2D eigenvalue weighted by molar-refractivity contribution is 5.91. The van der Waals surface area contributed by atoms with Gasteiger partial charge in [0.2, 0.25) is 12.7 Å². The molecular weight excluding hydrogens is 324 g/mol. The van der Waals surface area contributed by atoms with E-state index in [1.807, 2.05) is 6.07 Å². The molecule has 1 unspecified atom stereocenters. The van der Waals surface area contributed by atoms with Crippen LogP contribution in [0.5, 0.6) is 11.5 Å². The topological polar surface area (TPSA) is 89.8 Å². The fraction of sp³-hybridized carbons (Fsp3) is 0.222. The molecule has 0 spiro atoms. The summed E-state index contributed by atoms with van der Waals surface area (Å²) in [6.45, 7) is 0.364. The van der Waals surface area contributed by atoms with Crippen molar-refractivity contribution in [1.29, 1.82) is 0 Å². The first-order chi connectivity index (χ1) is 12.1. The Balaban J connectivity index is 1.49. The van der Waals surface area contributed by atoms with Crippen LogP contribution in [0.2, 0.25) is 0 Å². The minimum absolute atomic E-state index is 0.0473. The molecule has 1 aliphatic heterocycles. The van der Waals surface area contributed by atoms with Gasteiger partial charge < -0.3 is 24.5 Å². The van der Waals surface area contributed by atoms with Gasteiger partial charge in [-0.3, -0.25) is 9.59 Å². The lowest BCUT2D eigenvalue weighted by molar-refractivity contribution is -0.116. The van der Waals surface area contributed by atoms with Crippen LogP contribution in [0, 0.1) is 0 Å². The van der Waals surface area contributed by atoms with Crippen molar-refractivity contribution in [3.05, 3.63) is 64.6 Å². The monoisotopic (exact) mass is 342 g/mol. The summed E-state index contributed by atoms with van der Waals surface area (Å²) < 4.78 is 11.9. The minimum Gasteiger partial charge on any atom is -0.454 e. The molecule has 2 aromatic rings. The van der Waals surface area contributed by atoms with Gasteiger partial charge in [-0.1, -0.05) is 12.1 Å². The number of nitrogens with zero attached hydrogens (tertiary/aromatic N) is 1. The second-order valence-corrected chi connectivity index (χ2v) is 5.54. The van der Waals surface area contributed by atoms with Gasteiger partial charge in [-0.25, -0.2) is 0 Å². The van der Waals surface area contributed by atoms with Crippen molar-refractivity contribution in [1.82, 2.24) is 9.88 Å². The minimum atomic E-state index is -0.858. The molecule has 0 aliphatic carbocycles. The van der Waals surface area contributed by atoms with E-state index >= 15 is 0 Å². The second kappa shape index (κ2) is 7.67. The number of rotatable bonds is 6. The largest absolute Gasteiger partial charge is 0.454 e. The van der Waals surface area contributed by atoms with Gasteiger partial charge >= 0.3 is 0 Å². The van der Waals surface area contributed by atoms with Crippen LogP contribution in [0.25, 0.3) is 6.08 Å². The molecular formula is C18H18N2O5. The summed E-state index contributed by atoms with van der Waals surface area (Å²) in [6.07, 6.45) is 3.75. The predicted molar refractivity (Wildman–Crippen MR) is 91.3 cm³/mol. The van der Waals surface area contributed by atoms with Gasteiger partial charge in [0.05, 0.1) is 12.6 Å². The van der Waals surface area contributed by atoms with Crippen LogP contribution in [-0.2, 0) is 11.3 Å². The molecule has 2 N–H and O–H groups in total. The van der Waals surface area contributed by atoms with E-state index in [0.29, 0.717) is 11.5 Å². The average Bonchev–Trinajstić information content (AvgIpc) is 3.08. The molecule has 1 amide bonds. The molecule has 1 aliphatic rings. The number of aliphatic hydroxyl groups excluding tert-OH is 1. The van der Waals surface area contributed by atoms with Crippen molar-refractivity contribution in [2.45, 2.75) is 12.6 Å². The third-order valence-corrected chi connectivity index (χ3v) is 3.64. The van der Waals surface area contributed by atoms with Crippen LogP contribution in [-0.4, -0.2) is 35.0 Å². The van der Waals surface area contributed by atoms with Crippen LogP contribution in [0.15, 0.2) is 53.5 Å². The van der Waals surface area contributed by atoms with E-state index in [1.165, 1.54) is 16.7 Å². The SMILES string of the molecule is O=C(/C=C/c1ccc2c(c1)OCO2)NCC(O)Cn1ccccc1=O. The average molecular weight is 342 g/mol. The van der Waals surface area contributed by atoms with E-state index in [4.69, 9.17) is 9.47 Å². The molecule has 1 aromatic heterocycles. The zero-order chi connectivity index (χ0) is 17.6. The normalized spacial score (nSPS) is 13.8. The van der Waals surface area contributed by atoms with Gasteiger partial charge in [-0.2, -0.15) is 0 Å².